The highest BCUT2D eigenvalue weighted by Crippen LogP contribution is 2.25. The van der Waals surface area contributed by atoms with Gasteiger partial charge in [-0.2, -0.15) is 4.31 Å². The molecule has 2 N–H and O–H groups in total. The van der Waals surface area contributed by atoms with Crippen molar-refractivity contribution in [3.63, 3.8) is 0 Å². The summed E-state index contributed by atoms with van der Waals surface area (Å²) in [5.74, 6) is -2.05. The van der Waals surface area contributed by atoms with Crippen molar-refractivity contribution in [3.05, 3.63) is 23.8 Å². The fraction of sp³-hybridized carbons (Fsp3) is 0.538. The summed E-state index contributed by atoms with van der Waals surface area (Å²) in [7, 11) is -3.96. The topological polar surface area (TPSA) is 63.4 Å². The first-order chi connectivity index (χ1) is 9.43. The molecule has 0 unspecified atom stereocenters. The molecule has 0 bridgehead atoms. The second kappa shape index (κ2) is 6.05. The number of anilines is 1. The largest absolute Gasteiger partial charge is 0.396 e. The van der Waals surface area contributed by atoms with Gasteiger partial charge in [-0.05, 0) is 18.9 Å². The van der Waals surface area contributed by atoms with Crippen molar-refractivity contribution in [3.8, 4) is 0 Å². The molecule has 1 fully saturated rings. The second-order valence-corrected chi connectivity index (χ2v) is 6.88. The highest BCUT2D eigenvalue weighted by atomic mass is 32.2. The standard InChI is InChI=1S/C13H18F2N2O2S/c14-10-8-11(15)13(9-12(10)16)20(18,19)17-6-4-2-1-3-5-7-17/h8-9H,1-7,16H2. The van der Waals surface area contributed by atoms with Crippen molar-refractivity contribution in [2.75, 3.05) is 18.8 Å². The fourth-order valence-electron chi connectivity index (χ4n) is 2.34. The van der Waals surface area contributed by atoms with Gasteiger partial charge >= 0.3 is 0 Å². The SMILES string of the molecule is Nc1cc(S(=O)(=O)N2CCCCCCC2)c(F)cc1F. The molecule has 1 heterocycles. The van der Waals surface area contributed by atoms with E-state index < -0.39 is 26.6 Å². The van der Waals surface area contributed by atoms with Crippen LogP contribution < -0.4 is 5.73 Å². The second-order valence-electron chi connectivity index (χ2n) is 4.98. The third-order valence-corrected chi connectivity index (χ3v) is 5.40. The van der Waals surface area contributed by atoms with Crippen LogP contribution in [0, 0.1) is 11.6 Å². The molecule has 20 heavy (non-hydrogen) atoms. The maximum Gasteiger partial charge on any atom is 0.246 e. The van der Waals surface area contributed by atoms with Crippen LogP contribution >= 0.6 is 0 Å². The number of nitrogen functional groups attached to an aromatic ring is 1. The van der Waals surface area contributed by atoms with E-state index in [1.807, 2.05) is 0 Å². The zero-order valence-electron chi connectivity index (χ0n) is 11.1. The summed E-state index contributed by atoms with van der Waals surface area (Å²) in [6.07, 6.45) is 4.50. The van der Waals surface area contributed by atoms with Crippen molar-refractivity contribution >= 4 is 15.7 Å². The highest BCUT2D eigenvalue weighted by molar-refractivity contribution is 7.89. The molecule has 0 saturated carbocycles. The summed E-state index contributed by atoms with van der Waals surface area (Å²) >= 11 is 0. The Hall–Kier alpha value is -1.21. The Morgan fingerprint density at radius 2 is 1.50 bits per heavy atom. The smallest absolute Gasteiger partial charge is 0.246 e. The van der Waals surface area contributed by atoms with E-state index in [2.05, 4.69) is 0 Å². The van der Waals surface area contributed by atoms with Crippen LogP contribution in [0.5, 0.6) is 0 Å². The van der Waals surface area contributed by atoms with Gasteiger partial charge in [0, 0.05) is 19.2 Å². The van der Waals surface area contributed by atoms with Crippen LogP contribution in [0.2, 0.25) is 0 Å². The Balaban J connectivity index is 2.35. The van der Waals surface area contributed by atoms with Gasteiger partial charge in [-0.15, -0.1) is 0 Å². The van der Waals surface area contributed by atoms with E-state index in [-0.39, 0.29) is 5.69 Å². The molecule has 2 rings (SSSR count). The molecular formula is C13H18F2N2O2S. The van der Waals surface area contributed by atoms with E-state index in [1.165, 1.54) is 4.31 Å². The molecule has 1 saturated heterocycles. The minimum absolute atomic E-state index is 0.360. The van der Waals surface area contributed by atoms with Crippen LogP contribution in [0.3, 0.4) is 0 Å². The third-order valence-electron chi connectivity index (χ3n) is 3.48. The lowest BCUT2D eigenvalue weighted by atomic mass is 10.1. The molecule has 0 aliphatic carbocycles. The van der Waals surface area contributed by atoms with Gasteiger partial charge in [0.1, 0.15) is 16.5 Å². The minimum Gasteiger partial charge on any atom is -0.396 e. The van der Waals surface area contributed by atoms with E-state index in [9.17, 15) is 17.2 Å². The predicted octanol–water partition coefficient (Wildman–Crippen LogP) is 2.50. The number of nitrogens with two attached hydrogens (primary N) is 1. The fourth-order valence-corrected chi connectivity index (χ4v) is 3.94. The van der Waals surface area contributed by atoms with Crippen molar-refractivity contribution in [2.45, 2.75) is 37.0 Å². The number of hydrogen-bond donors (Lipinski definition) is 1. The first kappa shape index (κ1) is 15.2. The molecule has 1 aromatic carbocycles. The van der Waals surface area contributed by atoms with Gasteiger partial charge in [0.25, 0.3) is 0 Å². The van der Waals surface area contributed by atoms with Crippen LogP contribution in [0.1, 0.15) is 32.1 Å². The van der Waals surface area contributed by atoms with Gasteiger partial charge in [0.2, 0.25) is 10.0 Å². The Bertz CT molecular complexity index is 582. The minimum atomic E-state index is -3.96. The molecule has 0 amide bonds. The monoisotopic (exact) mass is 304 g/mol. The van der Waals surface area contributed by atoms with Gasteiger partial charge in [-0.3, -0.25) is 0 Å². The maximum atomic E-state index is 13.8. The van der Waals surface area contributed by atoms with Crippen LogP contribution in [0.4, 0.5) is 14.5 Å². The maximum absolute atomic E-state index is 13.8. The Morgan fingerprint density at radius 1 is 0.950 bits per heavy atom. The molecule has 7 heteroatoms. The Kier molecular flexibility index (Phi) is 4.59. The van der Waals surface area contributed by atoms with Crippen molar-refractivity contribution in [1.82, 2.24) is 4.31 Å². The van der Waals surface area contributed by atoms with E-state index in [4.69, 9.17) is 5.73 Å². The molecular weight excluding hydrogens is 286 g/mol. The zero-order chi connectivity index (χ0) is 14.8. The van der Waals surface area contributed by atoms with E-state index in [0.717, 1.165) is 38.2 Å². The predicted molar refractivity (Wildman–Crippen MR) is 72.6 cm³/mol. The highest BCUT2D eigenvalue weighted by Gasteiger charge is 2.28. The van der Waals surface area contributed by atoms with Crippen molar-refractivity contribution in [2.24, 2.45) is 0 Å². The van der Waals surface area contributed by atoms with Gasteiger partial charge in [-0.25, -0.2) is 17.2 Å². The van der Waals surface area contributed by atoms with Gasteiger partial charge in [0.15, 0.2) is 0 Å². The summed E-state index contributed by atoms with van der Waals surface area (Å²) in [4.78, 5) is -0.544. The number of halogens is 2. The van der Waals surface area contributed by atoms with E-state index >= 15 is 0 Å². The van der Waals surface area contributed by atoms with Crippen LogP contribution in [-0.2, 0) is 10.0 Å². The summed E-state index contributed by atoms with van der Waals surface area (Å²) in [6.45, 7) is 0.720. The lowest BCUT2D eigenvalue weighted by Gasteiger charge is -2.24. The molecule has 1 aromatic rings. The van der Waals surface area contributed by atoms with Gasteiger partial charge < -0.3 is 5.73 Å². The summed E-state index contributed by atoms with van der Waals surface area (Å²) in [6, 6.07) is 1.38. The molecule has 4 nitrogen and oxygen atoms in total. The van der Waals surface area contributed by atoms with E-state index in [1.54, 1.807) is 0 Å². The third kappa shape index (κ3) is 3.09. The average molecular weight is 304 g/mol. The van der Waals surface area contributed by atoms with Gasteiger partial charge in [-0.1, -0.05) is 19.3 Å². The number of benzene rings is 1. The quantitative estimate of drug-likeness (QED) is 0.854. The molecule has 0 radical (unpaired) electrons. The first-order valence-electron chi connectivity index (χ1n) is 6.67. The summed E-state index contributed by atoms with van der Waals surface area (Å²) < 4.78 is 53.1. The molecule has 1 aliphatic heterocycles. The van der Waals surface area contributed by atoms with Gasteiger partial charge in [0.05, 0.1) is 5.69 Å². The lowest BCUT2D eigenvalue weighted by Crippen LogP contribution is -2.34. The first-order valence-corrected chi connectivity index (χ1v) is 8.11. The molecule has 0 atom stereocenters. The number of nitrogens with zero attached hydrogens (tertiary/aromatic N) is 1. The normalized spacial score (nSPS) is 18.5. The van der Waals surface area contributed by atoms with Crippen molar-refractivity contribution in [1.29, 1.82) is 0 Å². The Labute approximate surface area is 117 Å². The zero-order valence-corrected chi connectivity index (χ0v) is 11.9. The molecule has 1 aliphatic rings. The number of rotatable bonds is 2. The number of hydrogen-bond acceptors (Lipinski definition) is 3. The van der Waals surface area contributed by atoms with E-state index in [0.29, 0.717) is 19.2 Å². The van der Waals surface area contributed by atoms with Crippen LogP contribution in [0.15, 0.2) is 17.0 Å². The van der Waals surface area contributed by atoms with Crippen molar-refractivity contribution < 1.29 is 17.2 Å². The molecule has 0 aromatic heterocycles. The van der Waals surface area contributed by atoms with Crippen LogP contribution in [0.25, 0.3) is 0 Å². The summed E-state index contributed by atoms with van der Waals surface area (Å²) in [5.41, 5.74) is 4.98. The average Bonchev–Trinajstić information content (AvgIpc) is 2.32. The molecule has 0 spiro atoms. The number of sulfonamides is 1. The van der Waals surface area contributed by atoms with Crippen LogP contribution in [-0.4, -0.2) is 25.8 Å². The molecule has 112 valence electrons. The summed E-state index contributed by atoms with van der Waals surface area (Å²) in [5, 5.41) is 0. The lowest BCUT2D eigenvalue weighted by molar-refractivity contribution is 0.362. The Morgan fingerprint density at radius 3 is 2.10 bits per heavy atom.